The molecule has 0 unspecified atom stereocenters. The molecule has 1 aliphatic rings. The lowest BCUT2D eigenvalue weighted by Gasteiger charge is -2.34. The molecule has 2 aromatic carbocycles. The van der Waals surface area contributed by atoms with E-state index in [2.05, 4.69) is 29.2 Å². The van der Waals surface area contributed by atoms with Crippen LogP contribution in [-0.2, 0) is 11.4 Å². The van der Waals surface area contributed by atoms with Crippen LogP contribution in [0.1, 0.15) is 5.56 Å². The molecular weight excluding hydrogens is 276 g/mol. The van der Waals surface area contributed by atoms with Crippen LogP contribution in [0.5, 0.6) is 5.75 Å². The lowest BCUT2D eigenvalue weighted by Crippen LogP contribution is -2.45. The third-order valence-corrected chi connectivity index (χ3v) is 3.91. The van der Waals surface area contributed by atoms with E-state index in [1.165, 1.54) is 5.69 Å². The minimum absolute atomic E-state index is 0.582. The van der Waals surface area contributed by atoms with E-state index in [9.17, 15) is 4.79 Å². The van der Waals surface area contributed by atoms with Crippen LogP contribution in [0.15, 0.2) is 54.6 Å². The Bertz CT molecular complexity index is 590. The largest absolute Gasteiger partial charge is 0.489 e. The number of carbonyl (C=O) groups excluding carboxylic acids is 1. The van der Waals surface area contributed by atoms with Crippen LogP contribution in [0.4, 0.5) is 5.69 Å². The summed E-state index contributed by atoms with van der Waals surface area (Å²) in [6.07, 6.45) is 0.928. The van der Waals surface area contributed by atoms with Crippen molar-refractivity contribution in [1.82, 2.24) is 4.90 Å². The summed E-state index contributed by atoms with van der Waals surface area (Å²) in [6, 6.07) is 18.3. The second kappa shape index (κ2) is 6.98. The van der Waals surface area contributed by atoms with Crippen LogP contribution in [0, 0.1) is 0 Å². The number of nitrogens with zero attached hydrogens (tertiary/aromatic N) is 2. The zero-order chi connectivity index (χ0) is 15.2. The summed E-state index contributed by atoms with van der Waals surface area (Å²) in [6.45, 7) is 3.91. The second-order valence-electron chi connectivity index (χ2n) is 5.40. The van der Waals surface area contributed by atoms with Gasteiger partial charge in [-0.2, -0.15) is 0 Å². The number of rotatable bonds is 5. The molecule has 0 N–H and O–H groups in total. The molecule has 1 fully saturated rings. The third-order valence-electron chi connectivity index (χ3n) is 3.91. The molecule has 3 rings (SSSR count). The third kappa shape index (κ3) is 3.58. The van der Waals surface area contributed by atoms with Gasteiger partial charge in [-0.1, -0.05) is 30.3 Å². The number of hydrogen-bond donors (Lipinski definition) is 0. The molecule has 0 aromatic heterocycles. The molecule has 1 aliphatic heterocycles. The maximum Gasteiger partial charge on any atom is 0.209 e. The Hall–Kier alpha value is -2.49. The van der Waals surface area contributed by atoms with Crippen LogP contribution in [0.2, 0.25) is 0 Å². The van der Waals surface area contributed by atoms with Gasteiger partial charge in [-0.3, -0.25) is 4.79 Å². The highest BCUT2D eigenvalue weighted by Gasteiger charge is 2.15. The zero-order valence-electron chi connectivity index (χ0n) is 12.5. The molecule has 4 nitrogen and oxygen atoms in total. The van der Waals surface area contributed by atoms with E-state index in [1.54, 1.807) is 0 Å². The number of benzene rings is 2. The van der Waals surface area contributed by atoms with Gasteiger partial charge in [-0.25, -0.2) is 0 Å². The van der Waals surface area contributed by atoms with Crippen molar-refractivity contribution >= 4 is 12.1 Å². The molecular formula is C18H20N2O2. The number of amides is 1. The molecule has 0 atom stereocenters. The Morgan fingerprint density at radius 2 is 1.59 bits per heavy atom. The predicted octanol–water partition coefficient (Wildman–Crippen LogP) is 2.54. The van der Waals surface area contributed by atoms with Crippen LogP contribution in [-0.4, -0.2) is 37.5 Å². The molecule has 1 saturated heterocycles. The minimum Gasteiger partial charge on any atom is -0.489 e. The molecule has 2 aromatic rings. The van der Waals surface area contributed by atoms with Crippen molar-refractivity contribution in [1.29, 1.82) is 0 Å². The first-order valence-corrected chi connectivity index (χ1v) is 7.56. The van der Waals surface area contributed by atoms with Crippen molar-refractivity contribution < 1.29 is 9.53 Å². The highest BCUT2D eigenvalue weighted by atomic mass is 16.5. The van der Waals surface area contributed by atoms with Crippen LogP contribution in [0.25, 0.3) is 0 Å². The Balaban J connectivity index is 1.55. The van der Waals surface area contributed by atoms with Gasteiger partial charge in [-0.05, 0) is 29.8 Å². The van der Waals surface area contributed by atoms with E-state index < -0.39 is 0 Å². The summed E-state index contributed by atoms with van der Waals surface area (Å²) in [7, 11) is 0. The number of anilines is 1. The Kier molecular flexibility index (Phi) is 4.59. The van der Waals surface area contributed by atoms with Gasteiger partial charge in [0.1, 0.15) is 12.4 Å². The van der Waals surface area contributed by atoms with Gasteiger partial charge in [0.25, 0.3) is 0 Å². The van der Waals surface area contributed by atoms with E-state index in [4.69, 9.17) is 4.74 Å². The minimum atomic E-state index is 0.582. The Morgan fingerprint density at radius 1 is 0.909 bits per heavy atom. The van der Waals surface area contributed by atoms with Crippen molar-refractivity contribution in [2.45, 2.75) is 6.61 Å². The van der Waals surface area contributed by atoms with Gasteiger partial charge >= 0.3 is 0 Å². The van der Waals surface area contributed by atoms with Crippen molar-refractivity contribution in [3.8, 4) is 5.75 Å². The SMILES string of the molecule is O=CN1CCN(c2ccc(OCc3ccccc3)cc2)CC1. The summed E-state index contributed by atoms with van der Waals surface area (Å²) in [5.41, 5.74) is 2.34. The Morgan fingerprint density at radius 3 is 2.23 bits per heavy atom. The molecule has 114 valence electrons. The monoisotopic (exact) mass is 296 g/mol. The average Bonchev–Trinajstić information content (AvgIpc) is 2.61. The Labute approximate surface area is 130 Å². The normalized spacial score (nSPS) is 14.7. The first-order chi connectivity index (χ1) is 10.8. The van der Waals surface area contributed by atoms with Gasteiger partial charge in [0.05, 0.1) is 0 Å². The molecule has 1 amide bonds. The predicted molar refractivity (Wildman–Crippen MR) is 87.1 cm³/mol. The lowest BCUT2D eigenvalue weighted by atomic mass is 10.2. The summed E-state index contributed by atoms with van der Waals surface area (Å²) in [5, 5.41) is 0. The van der Waals surface area contributed by atoms with Gasteiger partial charge in [0.2, 0.25) is 6.41 Å². The first-order valence-electron chi connectivity index (χ1n) is 7.56. The molecule has 4 heteroatoms. The summed E-state index contributed by atoms with van der Waals surface area (Å²) in [5.74, 6) is 0.874. The number of carbonyl (C=O) groups is 1. The quantitative estimate of drug-likeness (QED) is 0.795. The van der Waals surface area contributed by atoms with Gasteiger partial charge in [-0.15, -0.1) is 0 Å². The topological polar surface area (TPSA) is 32.8 Å². The number of piperazine rings is 1. The summed E-state index contributed by atoms with van der Waals surface area (Å²) < 4.78 is 5.80. The summed E-state index contributed by atoms with van der Waals surface area (Å²) >= 11 is 0. The number of hydrogen-bond acceptors (Lipinski definition) is 3. The smallest absolute Gasteiger partial charge is 0.209 e. The molecule has 0 radical (unpaired) electrons. The highest BCUT2D eigenvalue weighted by molar-refractivity contribution is 5.52. The maximum absolute atomic E-state index is 10.7. The zero-order valence-corrected chi connectivity index (χ0v) is 12.5. The summed E-state index contributed by atoms with van der Waals surface area (Å²) in [4.78, 5) is 14.8. The van der Waals surface area contributed by atoms with Crippen LogP contribution < -0.4 is 9.64 Å². The standard InChI is InChI=1S/C18H20N2O2/c21-15-19-10-12-20(13-11-19)17-6-8-18(9-7-17)22-14-16-4-2-1-3-5-16/h1-9,15H,10-14H2. The highest BCUT2D eigenvalue weighted by Crippen LogP contribution is 2.21. The fraction of sp³-hybridized carbons (Fsp3) is 0.278. The molecule has 0 aliphatic carbocycles. The molecule has 0 saturated carbocycles. The van der Waals surface area contributed by atoms with E-state index in [0.717, 1.165) is 43.9 Å². The molecule has 0 spiro atoms. The van der Waals surface area contributed by atoms with Gasteiger partial charge in [0.15, 0.2) is 0 Å². The van der Waals surface area contributed by atoms with Crippen molar-refractivity contribution in [3.63, 3.8) is 0 Å². The first kappa shape index (κ1) is 14.4. The van der Waals surface area contributed by atoms with Crippen LogP contribution in [0.3, 0.4) is 0 Å². The fourth-order valence-corrected chi connectivity index (χ4v) is 2.58. The molecule has 0 bridgehead atoms. The fourth-order valence-electron chi connectivity index (χ4n) is 2.58. The number of ether oxygens (including phenoxy) is 1. The second-order valence-corrected chi connectivity index (χ2v) is 5.40. The van der Waals surface area contributed by atoms with Gasteiger partial charge < -0.3 is 14.5 Å². The van der Waals surface area contributed by atoms with E-state index in [1.807, 2.05) is 35.2 Å². The lowest BCUT2D eigenvalue weighted by molar-refractivity contribution is -0.118. The molecule has 1 heterocycles. The van der Waals surface area contributed by atoms with E-state index >= 15 is 0 Å². The van der Waals surface area contributed by atoms with Gasteiger partial charge in [0, 0.05) is 31.9 Å². The van der Waals surface area contributed by atoms with Crippen molar-refractivity contribution in [2.24, 2.45) is 0 Å². The van der Waals surface area contributed by atoms with Crippen molar-refractivity contribution in [3.05, 3.63) is 60.2 Å². The maximum atomic E-state index is 10.7. The average molecular weight is 296 g/mol. The van der Waals surface area contributed by atoms with E-state index in [0.29, 0.717) is 6.61 Å². The van der Waals surface area contributed by atoms with Crippen LogP contribution >= 0.6 is 0 Å². The van der Waals surface area contributed by atoms with E-state index in [-0.39, 0.29) is 0 Å². The van der Waals surface area contributed by atoms with Crippen molar-refractivity contribution in [2.75, 3.05) is 31.1 Å². The molecule has 22 heavy (non-hydrogen) atoms.